The Bertz CT molecular complexity index is 829. The highest BCUT2D eigenvalue weighted by atomic mass is 35.5. The van der Waals surface area contributed by atoms with E-state index < -0.39 is 18.5 Å². The summed E-state index contributed by atoms with van der Waals surface area (Å²) in [6.45, 7) is 1.34. The van der Waals surface area contributed by atoms with Crippen molar-refractivity contribution in [1.82, 2.24) is 5.32 Å². The third-order valence-corrected chi connectivity index (χ3v) is 3.95. The summed E-state index contributed by atoms with van der Waals surface area (Å²) in [6.07, 6.45) is 0. The quantitative estimate of drug-likeness (QED) is 0.802. The fraction of sp³-hybridized carbons (Fsp3) is 0.167. The molecule has 0 aliphatic heterocycles. The van der Waals surface area contributed by atoms with Crippen LogP contribution < -0.4 is 5.32 Å². The van der Waals surface area contributed by atoms with E-state index in [0.717, 1.165) is 0 Å². The Morgan fingerprint density at radius 2 is 1.88 bits per heavy atom. The van der Waals surface area contributed by atoms with E-state index in [4.69, 9.17) is 33.2 Å². The summed E-state index contributed by atoms with van der Waals surface area (Å²) >= 11 is 11.9. The number of benzene rings is 2. The monoisotopic (exact) mass is 376 g/mol. The Kier molecular flexibility index (Phi) is 6.40. The van der Waals surface area contributed by atoms with E-state index in [-0.39, 0.29) is 11.6 Å². The first-order chi connectivity index (χ1) is 11.9. The zero-order valence-electron chi connectivity index (χ0n) is 13.3. The molecule has 0 aliphatic rings. The third-order valence-electron chi connectivity index (χ3n) is 3.39. The van der Waals surface area contributed by atoms with Crippen LogP contribution in [0.25, 0.3) is 0 Å². The van der Waals surface area contributed by atoms with E-state index in [1.165, 1.54) is 24.3 Å². The molecule has 1 amide bonds. The second kappa shape index (κ2) is 8.52. The number of amides is 1. The van der Waals surface area contributed by atoms with Crippen LogP contribution in [0.5, 0.6) is 0 Å². The zero-order chi connectivity index (χ0) is 18.4. The fourth-order valence-electron chi connectivity index (χ4n) is 2.11. The lowest BCUT2D eigenvalue weighted by Crippen LogP contribution is -2.31. The minimum Gasteiger partial charge on any atom is -0.452 e. The van der Waals surface area contributed by atoms with Crippen LogP contribution in [0.4, 0.5) is 0 Å². The van der Waals surface area contributed by atoms with Gasteiger partial charge in [0.25, 0.3) is 5.91 Å². The summed E-state index contributed by atoms with van der Waals surface area (Å²) < 4.78 is 4.96. The van der Waals surface area contributed by atoms with Gasteiger partial charge in [0.2, 0.25) is 0 Å². The molecule has 25 heavy (non-hydrogen) atoms. The third kappa shape index (κ3) is 5.21. The Labute approximate surface area is 155 Å². The number of rotatable bonds is 5. The van der Waals surface area contributed by atoms with Crippen molar-refractivity contribution in [2.75, 3.05) is 6.61 Å². The summed E-state index contributed by atoms with van der Waals surface area (Å²) in [7, 11) is 0. The molecule has 0 saturated heterocycles. The second-order valence-corrected chi connectivity index (χ2v) is 6.06. The predicted octanol–water partition coefficient (Wildman–Crippen LogP) is 3.90. The Morgan fingerprint density at radius 3 is 2.48 bits per heavy atom. The maximum atomic E-state index is 11.9. The molecule has 0 radical (unpaired) electrons. The number of carbonyl (C=O) groups excluding carboxylic acids is 2. The number of esters is 1. The van der Waals surface area contributed by atoms with Crippen LogP contribution in [0, 0.1) is 11.3 Å². The minimum atomic E-state index is -0.642. The normalized spacial score (nSPS) is 11.3. The summed E-state index contributed by atoms with van der Waals surface area (Å²) in [6, 6.07) is 12.5. The van der Waals surface area contributed by atoms with Gasteiger partial charge in [-0.25, -0.2) is 4.79 Å². The molecular weight excluding hydrogens is 363 g/mol. The number of hydrogen-bond donors (Lipinski definition) is 1. The average Bonchev–Trinajstić information content (AvgIpc) is 2.59. The lowest BCUT2D eigenvalue weighted by atomic mass is 10.1. The van der Waals surface area contributed by atoms with Gasteiger partial charge in [0, 0.05) is 10.0 Å². The van der Waals surface area contributed by atoms with Crippen molar-refractivity contribution in [2.45, 2.75) is 13.0 Å². The van der Waals surface area contributed by atoms with Gasteiger partial charge in [-0.2, -0.15) is 5.26 Å². The van der Waals surface area contributed by atoms with Gasteiger partial charge in [0.05, 0.1) is 23.2 Å². The van der Waals surface area contributed by atoms with E-state index in [0.29, 0.717) is 21.2 Å². The Balaban J connectivity index is 1.89. The molecule has 0 saturated carbocycles. The smallest absolute Gasteiger partial charge is 0.338 e. The van der Waals surface area contributed by atoms with Crippen molar-refractivity contribution in [1.29, 1.82) is 5.26 Å². The summed E-state index contributed by atoms with van der Waals surface area (Å²) in [5, 5.41) is 12.4. The minimum absolute atomic E-state index is 0.264. The number of carbonyl (C=O) groups is 2. The molecule has 0 fully saturated rings. The number of nitriles is 1. The standard InChI is InChI=1S/C18H14Cl2N2O3/c1-11(15-7-6-14(19)8-16(15)20)22-17(23)10-25-18(24)13-4-2-12(9-21)3-5-13/h2-8,11H,10H2,1H3,(H,22,23)/t11-/m1/s1. The Morgan fingerprint density at radius 1 is 1.20 bits per heavy atom. The van der Waals surface area contributed by atoms with Gasteiger partial charge in [0.1, 0.15) is 0 Å². The van der Waals surface area contributed by atoms with Gasteiger partial charge in [-0.3, -0.25) is 4.79 Å². The molecule has 0 spiro atoms. The van der Waals surface area contributed by atoms with Crippen molar-refractivity contribution < 1.29 is 14.3 Å². The molecule has 0 bridgehead atoms. The van der Waals surface area contributed by atoms with E-state index in [1.54, 1.807) is 25.1 Å². The van der Waals surface area contributed by atoms with Crippen molar-refractivity contribution in [3.63, 3.8) is 0 Å². The SMILES string of the molecule is C[C@@H](NC(=O)COC(=O)c1ccc(C#N)cc1)c1ccc(Cl)cc1Cl. The summed E-state index contributed by atoms with van der Waals surface area (Å²) in [5.74, 6) is -1.10. The van der Waals surface area contributed by atoms with E-state index >= 15 is 0 Å². The predicted molar refractivity (Wildman–Crippen MR) is 94.5 cm³/mol. The van der Waals surface area contributed by atoms with Gasteiger partial charge in [-0.05, 0) is 48.9 Å². The van der Waals surface area contributed by atoms with Crippen LogP contribution >= 0.6 is 23.2 Å². The van der Waals surface area contributed by atoms with Gasteiger partial charge in [-0.1, -0.05) is 29.3 Å². The first-order valence-corrected chi connectivity index (χ1v) is 8.08. The first-order valence-electron chi connectivity index (χ1n) is 7.32. The van der Waals surface area contributed by atoms with E-state index in [9.17, 15) is 9.59 Å². The van der Waals surface area contributed by atoms with E-state index in [1.807, 2.05) is 6.07 Å². The molecule has 2 aromatic rings. The number of hydrogen-bond acceptors (Lipinski definition) is 4. The number of nitrogens with zero attached hydrogens (tertiary/aromatic N) is 1. The average molecular weight is 377 g/mol. The molecule has 7 heteroatoms. The van der Waals surface area contributed by atoms with Gasteiger partial charge in [-0.15, -0.1) is 0 Å². The maximum Gasteiger partial charge on any atom is 0.338 e. The highest BCUT2D eigenvalue weighted by Crippen LogP contribution is 2.25. The molecule has 1 N–H and O–H groups in total. The summed E-state index contributed by atoms with van der Waals surface area (Å²) in [4.78, 5) is 23.8. The van der Waals surface area contributed by atoms with Crippen molar-refractivity contribution >= 4 is 35.1 Å². The topological polar surface area (TPSA) is 79.2 Å². The van der Waals surface area contributed by atoms with Crippen LogP contribution in [0.1, 0.15) is 34.5 Å². The molecule has 1 atom stereocenters. The lowest BCUT2D eigenvalue weighted by molar-refractivity contribution is -0.124. The molecule has 128 valence electrons. The van der Waals surface area contributed by atoms with E-state index in [2.05, 4.69) is 5.32 Å². The molecule has 0 heterocycles. The van der Waals surface area contributed by atoms with Crippen LogP contribution in [0.2, 0.25) is 10.0 Å². The van der Waals surface area contributed by atoms with Crippen molar-refractivity contribution in [3.8, 4) is 6.07 Å². The van der Waals surface area contributed by atoms with Crippen LogP contribution in [-0.4, -0.2) is 18.5 Å². The molecule has 2 rings (SSSR count). The number of nitrogens with one attached hydrogen (secondary N) is 1. The largest absolute Gasteiger partial charge is 0.452 e. The first kappa shape index (κ1) is 18.8. The molecular formula is C18H14Cl2N2O3. The zero-order valence-corrected chi connectivity index (χ0v) is 14.8. The van der Waals surface area contributed by atoms with Crippen LogP contribution in [-0.2, 0) is 9.53 Å². The second-order valence-electron chi connectivity index (χ2n) is 5.22. The molecule has 2 aromatic carbocycles. The van der Waals surface area contributed by atoms with Crippen molar-refractivity contribution in [2.24, 2.45) is 0 Å². The highest BCUT2D eigenvalue weighted by molar-refractivity contribution is 6.35. The van der Waals surface area contributed by atoms with Crippen LogP contribution in [0.3, 0.4) is 0 Å². The lowest BCUT2D eigenvalue weighted by Gasteiger charge is -2.16. The van der Waals surface area contributed by atoms with Gasteiger partial charge >= 0.3 is 5.97 Å². The van der Waals surface area contributed by atoms with Gasteiger partial charge in [0.15, 0.2) is 6.61 Å². The molecule has 5 nitrogen and oxygen atoms in total. The number of halogens is 2. The number of ether oxygens (including phenoxy) is 1. The fourth-order valence-corrected chi connectivity index (χ4v) is 2.68. The van der Waals surface area contributed by atoms with Crippen LogP contribution in [0.15, 0.2) is 42.5 Å². The molecule has 0 unspecified atom stereocenters. The maximum absolute atomic E-state index is 11.9. The molecule has 0 aliphatic carbocycles. The van der Waals surface area contributed by atoms with Crippen molar-refractivity contribution in [3.05, 3.63) is 69.2 Å². The van der Waals surface area contributed by atoms with Gasteiger partial charge < -0.3 is 10.1 Å². The molecule has 0 aromatic heterocycles. The summed E-state index contributed by atoms with van der Waals surface area (Å²) in [5.41, 5.74) is 1.40. The Hall–Kier alpha value is -2.55. The highest BCUT2D eigenvalue weighted by Gasteiger charge is 2.15.